The maximum Gasteiger partial charge on any atom is 0.342 e. The number of rotatable bonds is 4. The molecule has 116 valence electrons. The Hall–Kier alpha value is -3.24. The first-order chi connectivity index (χ1) is 10.3. The van der Waals surface area contributed by atoms with E-state index in [0.29, 0.717) is 0 Å². The summed E-state index contributed by atoms with van der Waals surface area (Å²) in [5.41, 5.74) is -1.76. The van der Waals surface area contributed by atoms with Gasteiger partial charge in [0.2, 0.25) is 0 Å². The molecule has 0 spiro atoms. The van der Waals surface area contributed by atoms with E-state index in [2.05, 4.69) is 9.99 Å². The van der Waals surface area contributed by atoms with Crippen molar-refractivity contribution in [2.24, 2.45) is 5.16 Å². The summed E-state index contributed by atoms with van der Waals surface area (Å²) < 4.78 is 4.81. The molecule has 0 radical (unpaired) electrons. The number of amides is 1. The molecule has 0 unspecified atom stereocenters. The predicted octanol–water partition coefficient (Wildman–Crippen LogP) is 0.838. The van der Waals surface area contributed by atoms with Crippen molar-refractivity contribution in [1.82, 2.24) is 0 Å². The molecule has 2 rings (SSSR count). The van der Waals surface area contributed by atoms with E-state index >= 15 is 0 Å². The quantitative estimate of drug-likeness (QED) is 0.593. The Morgan fingerprint density at radius 3 is 2.32 bits per heavy atom. The number of nitro groups is 2. The number of carbonyl (C=O) groups excluding carboxylic acids is 1. The second-order valence-corrected chi connectivity index (χ2v) is 4.17. The van der Waals surface area contributed by atoms with E-state index in [-0.39, 0.29) is 17.0 Å². The number of nitrogens with zero attached hydrogens (tertiary/aromatic N) is 4. The topological polar surface area (TPSA) is 137 Å². The number of oxime groups is 1. The molecule has 1 aliphatic heterocycles. The lowest BCUT2D eigenvalue weighted by Gasteiger charge is -2.11. The van der Waals surface area contributed by atoms with Crippen LogP contribution in [0.15, 0.2) is 11.2 Å². The molecule has 11 nitrogen and oxygen atoms in total. The van der Waals surface area contributed by atoms with Crippen molar-refractivity contribution >= 4 is 28.7 Å². The average molecular weight is 310 g/mol. The van der Waals surface area contributed by atoms with Crippen LogP contribution in [0.1, 0.15) is 5.56 Å². The van der Waals surface area contributed by atoms with Crippen LogP contribution in [0.5, 0.6) is 5.75 Å². The third-order valence-electron chi connectivity index (χ3n) is 3.07. The molecule has 1 aliphatic rings. The second-order valence-electron chi connectivity index (χ2n) is 4.17. The number of hydrogen-bond acceptors (Lipinski definition) is 8. The van der Waals surface area contributed by atoms with Crippen LogP contribution in [0, 0.1) is 20.2 Å². The summed E-state index contributed by atoms with van der Waals surface area (Å²) in [6, 6.07) is 1.00. The van der Waals surface area contributed by atoms with Gasteiger partial charge in [-0.1, -0.05) is 5.16 Å². The Labute approximate surface area is 123 Å². The third kappa shape index (κ3) is 1.99. The molecule has 0 aromatic heterocycles. The molecule has 22 heavy (non-hydrogen) atoms. The predicted molar refractivity (Wildman–Crippen MR) is 73.3 cm³/mol. The van der Waals surface area contributed by atoms with E-state index in [0.717, 1.165) is 18.1 Å². The molecule has 0 saturated carbocycles. The lowest BCUT2D eigenvalue weighted by Crippen LogP contribution is -2.26. The average Bonchev–Trinajstić information content (AvgIpc) is 2.70. The van der Waals surface area contributed by atoms with Gasteiger partial charge >= 0.3 is 11.4 Å². The van der Waals surface area contributed by atoms with E-state index < -0.39 is 32.9 Å². The minimum absolute atomic E-state index is 0.0615. The van der Waals surface area contributed by atoms with Crippen molar-refractivity contribution in [3.8, 4) is 5.75 Å². The number of ether oxygens (including phenoxy) is 1. The number of fused-ring (bicyclic) bond motifs is 1. The van der Waals surface area contributed by atoms with Gasteiger partial charge in [-0.3, -0.25) is 25.0 Å². The Morgan fingerprint density at radius 2 is 1.86 bits per heavy atom. The summed E-state index contributed by atoms with van der Waals surface area (Å²) in [6.07, 6.45) is 0. The van der Waals surface area contributed by atoms with Crippen LogP contribution in [0.2, 0.25) is 0 Å². The Balaban J connectivity index is 2.94. The molecule has 0 N–H and O–H groups in total. The molecule has 1 heterocycles. The minimum Gasteiger partial charge on any atom is -0.485 e. The number of nitro benzene ring substituents is 2. The summed E-state index contributed by atoms with van der Waals surface area (Å²) in [4.78, 5) is 38.4. The minimum atomic E-state index is -0.843. The maximum atomic E-state index is 12.1. The summed E-state index contributed by atoms with van der Waals surface area (Å²) in [6.45, 7) is 0. The number of benzene rings is 1. The zero-order chi connectivity index (χ0) is 16.6. The van der Waals surface area contributed by atoms with Crippen LogP contribution in [0.3, 0.4) is 0 Å². The number of methoxy groups -OCH3 is 1. The molecule has 0 saturated heterocycles. The highest BCUT2D eigenvalue weighted by Crippen LogP contribution is 2.48. The van der Waals surface area contributed by atoms with Gasteiger partial charge < -0.3 is 14.5 Å². The van der Waals surface area contributed by atoms with Crippen LogP contribution in [-0.2, 0) is 9.63 Å². The van der Waals surface area contributed by atoms with Crippen LogP contribution >= 0.6 is 0 Å². The molecule has 11 heteroatoms. The van der Waals surface area contributed by atoms with E-state index in [1.807, 2.05) is 0 Å². The van der Waals surface area contributed by atoms with Gasteiger partial charge in [0.25, 0.3) is 11.7 Å². The molecule has 0 atom stereocenters. The van der Waals surface area contributed by atoms with Gasteiger partial charge in [-0.25, -0.2) is 0 Å². The van der Waals surface area contributed by atoms with Crippen molar-refractivity contribution in [3.63, 3.8) is 0 Å². The number of anilines is 1. The zero-order valence-corrected chi connectivity index (χ0v) is 11.7. The summed E-state index contributed by atoms with van der Waals surface area (Å²) in [5, 5.41) is 25.9. The van der Waals surface area contributed by atoms with Gasteiger partial charge in [0.05, 0.1) is 17.0 Å². The molecule has 0 fully saturated rings. The van der Waals surface area contributed by atoms with Crippen LogP contribution in [0.25, 0.3) is 0 Å². The first-order valence-electron chi connectivity index (χ1n) is 5.78. The highest BCUT2D eigenvalue weighted by atomic mass is 16.6. The molecular weight excluding hydrogens is 300 g/mol. The summed E-state index contributed by atoms with van der Waals surface area (Å²) >= 11 is 0. The van der Waals surface area contributed by atoms with E-state index in [1.54, 1.807) is 0 Å². The standard InChI is InChI=1S/C11H10N4O7/c1-13-8-5(7(11(13)16)12-22-3)4-6(14(17)18)10(21-2)9(8)15(19)20/h4H,1-3H3. The molecule has 1 amide bonds. The first-order valence-corrected chi connectivity index (χ1v) is 5.78. The lowest BCUT2D eigenvalue weighted by molar-refractivity contribution is -0.395. The largest absolute Gasteiger partial charge is 0.485 e. The Bertz CT molecular complexity index is 728. The summed E-state index contributed by atoms with van der Waals surface area (Å²) in [7, 11) is 3.55. The maximum absolute atomic E-state index is 12.1. The van der Waals surface area contributed by atoms with E-state index in [1.165, 1.54) is 14.2 Å². The molecule has 0 bridgehead atoms. The van der Waals surface area contributed by atoms with Gasteiger partial charge in [-0.2, -0.15) is 0 Å². The molecule has 1 aromatic rings. The number of likely N-dealkylation sites (N-methyl/N-ethyl adjacent to an activating group) is 1. The lowest BCUT2D eigenvalue weighted by atomic mass is 10.1. The number of hydrogen-bond donors (Lipinski definition) is 0. The van der Waals surface area contributed by atoms with Crippen molar-refractivity contribution in [2.45, 2.75) is 0 Å². The monoisotopic (exact) mass is 310 g/mol. The van der Waals surface area contributed by atoms with Crippen molar-refractivity contribution in [1.29, 1.82) is 0 Å². The second kappa shape index (κ2) is 5.27. The molecular formula is C11H10N4O7. The zero-order valence-electron chi connectivity index (χ0n) is 11.7. The fourth-order valence-electron chi connectivity index (χ4n) is 2.21. The van der Waals surface area contributed by atoms with Crippen molar-refractivity contribution in [2.75, 3.05) is 26.2 Å². The van der Waals surface area contributed by atoms with Gasteiger partial charge in [0.15, 0.2) is 5.71 Å². The smallest absolute Gasteiger partial charge is 0.342 e. The van der Waals surface area contributed by atoms with E-state index in [9.17, 15) is 25.0 Å². The normalized spacial score (nSPS) is 15.0. The SMILES string of the molecule is CON=C1C(=O)N(C)c2c1cc([N+](=O)[O-])c(OC)c2[N+](=O)[O-]. The highest BCUT2D eigenvalue weighted by Gasteiger charge is 2.44. The third-order valence-corrected chi connectivity index (χ3v) is 3.07. The molecule has 0 aliphatic carbocycles. The Kier molecular flexibility index (Phi) is 3.63. The van der Waals surface area contributed by atoms with Gasteiger partial charge in [0.1, 0.15) is 12.8 Å². The van der Waals surface area contributed by atoms with Gasteiger partial charge in [-0.05, 0) is 0 Å². The van der Waals surface area contributed by atoms with Gasteiger partial charge in [-0.15, -0.1) is 0 Å². The fraction of sp³-hybridized carbons (Fsp3) is 0.273. The summed E-state index contributed by atoms with van der Waals surface area (Å²) in [5.74, 6) is -1.21. The van der Waals surface area contributed by atoms with Crippen molar-refractivity contribution in [3.05, 3.63) is 31.9 Å². The fourth-order valence-corrected chi connectivity index (χ4v) is 2.21. The van der Waals surface area contributed by atoms with Crippen LogP contribution in [-0.4, -0.2) is 42.7 Å². The number of carbonyl (C=O) groups is 1. The highest BCUT2D eigenvalue weighted by molar-refractivity contribution is 6.54. The van der Waals surface area contributed by atoms with Crippen LogP contribution in [0.4, 0.5) is 17.1 Å². The van der Waals surface area contributed by atoms with Crippen LogP contribution < -0.4 is 9.64 Å². The molecule has 1 aromatic carbocycles. The Morgan fingerprint density at radius 1 is 1.23 bits per heavy atom. The van der Waals surface area contributed by atoms with E-state index in [4.69, 9.17) is 4.74 Å². The van der Waals surface area contributed by atoms with Crippen molar-refractivity contribution < 1.29 is 24.2 Å². The van der Waals surface area contributed by atoms with Gasteiger partial charge in [0, 0.05) is 18.7 Å². The first kappa shape index (κ1) is 15.2.